The van der Waals surface area contributed by atoms with Crippen LogP contribution in [0.1, 0.15) is 16.8 Å². The first-order valence-corrected chi connectivity index (χ1v) is 8.06. The van der Waals surface area contributed by atoms with Gasteiger partial charge in [0.05, 0.1) is 5.69 Å². The molecule has 0 aliphatic heterocycles. The van der Waals surface area contributed by atoms with Crippen molar-refractivity contribution in [3.8, 4) is 0 Å². The van der Waals surface area contributed by atoms with E-state index in [-0.39, 0.29) is 0 Å². The summed E-state index contributed by atoms with van der Waals surface area (Å²) in [4.78, 5) is 4.76. The largest absolute Gasteiger partial charge is 0.314 e. The van der Waals surface area contributed by atoms with Crippen molar-refractivity contribution in [1.82, 2.24) is 14.7 Å². The van der Waals surface area contributed by atoms with Crippen LogP contribution in [0.15, 0.2) is 53.7 Å². The lowest BCUT2D eigenvalue weighted by Crippen LogP contribution is -2.08. The fourth-order valence-electron chi connectivity index (χ4n) is 2.39. The van der Waals surface area contributed by atoms with Crippen LogP contribution in [0.5, 0.6) is 0 Å². The summed E-state index contributed by atoms with van der Waals surface area (Å²) in [5, 5.41) is 4.35. The number of hydrogen-bond acceptors (Lipinski definition) is 3. The minimum atomic E-state index is 0.821. The van der Waals surface area contributed by atoms with Crippen LogP contribution in [-0.2, 0) is 12.3 Å². The molecule has 2 aromatic heterocycles. The first-order valence-electron chi connectivity index (χ1n) is 7.07. The minimum absolute atomic E-state index is 0.821. The van der Waals surface area contributed by atoms with Gasteiger partial charge in [0.2, 0.25) is 0 Å². The molecule has 0 aliphatic rings. The molecule has 0 saturated carbocycles. The Morgan fingerprint density at radius 2 is 1.95 bits per heavy atom. The zero-order valence-corrected chi connectivity index (χ0v) is 13.2. The SMILES string of the molecule is CNCc1c(SCc2ccccc2C)nc2ccccn12. The summed E-state index contributed by atoms with van der Waals surface area (Å²) in [7, 11) is 1.97. The molecule has 0 unspecified atom stereocenters. The molecule has 0 bridgehead atoms. The van der Waals surface area contributed by atoms with Crippen molar-refractivity contribution < 1.29 is 0 Å². The van der Waals surface area contributed by atoms with E-state index in [4.69, 9.17) is 4.98 Å². The molecule has 0 radical (unpaired) electrons. The van der Waals surface area contributed by atoms with Gasteiger partial charge in [0.1, 0.15) is 10.7 Å². The van der Waals surface area contributed by atoms with E-state index in [2.05, 4.69) is 53.2 Å². The number of nitrogens with zero attached hydrogens (tertiary/aromatic N) is 2. The molecule has 0 spiro atoms. The van der Waals surface area contributed by atoms with Crippen LogP contribution in [-0.4, -0.2) is 16.4 Å². The Labute approximate surface area is 129 Å². The molecule has 2 heterocycles. The zero-order valence-electron chi connectivity index (χ0n) is 12.3. The van der Waals surface area contributed by atoms with Crippen LogP contribution in [0, 0.1) is 6.92 Å². The molecule has 3 nitrogen and oxygen atoms in total. The second-order valence-corrected chi connectivity index (χ2v) is 6.00. The molecule has 0 amide bonds. The van der Waals surface area contributed by atoms with Crippen LogP contribution >= 0.6 is 11.8 Å². The number of fused-ring (bicyclic) bond motifs is 1. The van der Waals surface area contributed by atoms with Crippen molar-refractivity contribution in [2.45, 2.75) is 24.2 Å². The first-order chi connectivity index (χ1) is 10.3. The molecule has 0 atom stereocenters. The molecule has 1 aromatic carbocycles. The molecule has 3 rings (SSSR count). The van der Waals surface area contributed by atoms with E-state index in [1.807, 2.05) is 30.9 Å². The predicted octanol–water partition coefficient (Wildman–Crippen LogP) is 3.65. The number of hydrogen-bond donors (Lipinski definition) is 1. The zero-order chi connectivity index (χ0) is 14.7. The summed E-state index contributed by atoms with van der Waals surface area (Å²) >= 11 is 1.81. The van der Waals surface area contributed by atoms with Crippen LogP contribution < -0.4 is 5.32 Å². The van der Waals surface area contributed by atoms with E-state index in [1.165, 1.54) is 16.8 Å². The van der Waals surface area contributed by atoms with Crippen molar-refractivity contribution in [2.24, 2.45) is 0 Å². The van der Waals surface area contributed by atoms with Crippen molar-refractivity contribution in [2.75, 3.05) is 7.05 Å². The number of aromatic nitrogens is 2. The van der Waals surface area contributed by atoms with E-state index in [0.717, 1.165) is 23.0 Å². The van der Waals surface area contributed by atoms with E-state index >= 15 is 0 Å². The van der Waals surface area contributed by atoms with E-state index < -0.39 is 0 Å². The van der Waals surface area contributed by atoms with Gasteiger partial charge in [-0.1, -0.05) is 42.1 Å². The van der Waals surface area contributed by atoms with Crippen molar-refractivity contribution in [3.63, 3.8) is 0 Å². The number of pyridine rings is 1. The molecule has 0 aliphatic carbocycles. The molecular weight excluding hydrogens is 278 g/mol. The highest BCUT2D eigenvalue weighted by molar-refractivity contribution is 7.98. The summed E-state index contributed by atoms with van der Waals surface area (Å²) < 4.78 is 2.16. The van der Waals surface area contributed by atoms with E-state index in [0.29, 0.717) is 0 Å². The third kappa shape index (κ3) is 2.96. The molecule has 0 saturated heterocycles. The summed E-state index contributed by atoms with van der Waals surface area (Å²) in [6.45, 7) is 2.98. The quantitative estimate of drug-likeness (QED) is 0.729. The van der Waals surface area contributed by atoms with E-state index in [1.54, 1.807) is 0 Å². The van der Waals surface area contributed by atoms with Gasteiger partial charge in [-0.05, 0) is 37.2 Å². The standard InChI is InChI=1S/C17H19N3S/c1-13-7-3-4-8-14(13)12-21-17-15(11-18-2)20-10-6-5-9-16(20)19-17/h3-10,18H,11-12H2,1-2H3. The predicted molar refractivity (Wildman–Crippen MR) is 88.7 cm³/mol. The van der Waals surface area contributed by atoms with Gasteiger partial charge in [-0.2, -0.15) is 0 Å². The van der Waals surface area contributed by atoms with Crippen molar-refractivity contribution in [3.05, 3.63) is 65.5 Å². The molecular formula is C17H19N3S. The Morgan fingerprint density at radius 1 is 1.14 bits per heavy atom. The molecule has 3 aromatic rings. The summed E-state index contributed by atoms with van der Waals surface area (Å²) in [5.74, 6) is 0.952. The summed E-state index contributed by atoms with van der Waals surface area (Å²) in [6.07, 6.45) is 2.08. The lowest BCUT2D eigenvalue weighted by molar-refractivity contribution is 0.764. The molecule has 21 heavy (non-hydrogen) atoms. The number of aryl methyl sites for hydroxylation is 1. The molecule has 108 valence electrons. The van der Waals surface area contributed by atoms with Gasteiger partial charge in [-0.25, -0.2) is 4.98 Å². The molecule has 1 N–H and O–H groups in total. The van der Waals surface area contributed by atoms with Gasteiger partial charge in [0.25, 0.3) is 0 Å². The minimum Gasteiger partial charge on any atom is -0.314 e. The number of rotatable bonds is 5. The van der Waals surface area contributed by atoms with Crippen molar-refractivity contribution >= 4 is 17.4 Å². The number of nitrogens with one attached hydrogen (secondary N) is 1. The Morgan fingerprint density at radius 3 is 2.76 bits per heavy atom. The lowest BCUT2D eigenvalue weighted by atomic mass is 10.1. The third-order valence-electron chi connectivity index (χ3n) is 3.56. The van der Waals surface area contributed by atoms with Gasteiger partial charge in [-0.15, -0.1) is 0 Å². The topological polar surface area (TPSA) is 29.3 Å². The molecule has 4 heteroatoms. The maximum absolute atomic E-state index is 4.76. The normalized spacial score (nSPS) is 11.1. The van der Waals surface area contributed by atoms with Gasteiger partial charge >= 0.3 is 0 Å². The van der Waals surface area contributed by atoms with Crippen LogP contribution in [0.25, 0.3) is 5.65 Å². The fourth-order valence-corrected chi connectivity index (χ4v) is 3.50. The molecule has 0 fully saturated rings. The Kier molecular flexibility index (Phi) is 4.27. The maximum Gasteiger partial charge on any atom is 0.138 e. The Hall–Kier alpha value is -1.78. The van der Waals surface area contributed by atoms with Crippen LogP contribution in [0.2, 0.25) is 0 Å². The number of benzene rings is 1. The fraction of sp³-hybridized carbons (Fsp3) is 0.235. The average molecular weight is 297 g/mol. The average Bonchev–Trinajstić information content (AvgIpc) is 2.85. The summed E-state index contributed by atoms with van der Waals surface area (Å²) in [6, 6.07) is 14.7. The van der Waals surface area contributed by atoms with Gasteiger partial charge < -0.3 is 9.72 Å². The monoisotopic (exact) mass is 297 g/mol. The highest BCUT2D eigenvalue weighted by atomic mass is 32.2. The Balaban J connectivity index is 1.89. The smallest absolute Gasteiger partial charge is 0.138 e. The number of imidazole rings is 1. The first kappa shape index (κ1) is 14.2. The third-order valence-corrected chi connectivity index (χ3v) is 4.62. The second-order valence-electron chi connectivity index (χ2n) is 5.04. The lowest BCUT2D eigenvalue weighted by Gasteiger charge is -2.06. The Bertz CT molecular complexity index is 749. The van der Waals surface area contributed by atoms with Gasteiger partial charge in [0.15, 0.2) is 0 Å². The van der Waals surface area contributed by atoms with Crippen LogP contribution in [0.4, 0.5) is 0 Å². The highest BCUT2D eigenvalue weighted by Crippen LogP contribution is 2.27. The van der Waals surface area contributed by atoms with Gasteiger partial charge in [0, 0.05) is 18.5 Å². The van der Waals surface area contributed by atoms with Crippen molar-refractivity contribution in [1.29, 1.82) is 0 Å². The highest BCUT2D eigenvalue weighted by Gasteiger charge is 2.12. The second kappa shape index (κ2) is 6.33. The number of thioether (sulfide) groups is 1. The van der Waals surface area contributed by atoms with Gasteiger partial charge in [-0.3, -0.25) is 0 Å². The summed E-state index contributed by atoms with van der Waals surface area (Å²) in [5.41, 5.74) is 4.95. The van der Waals surface area contributed by atoms with Crippen LogP contribution in [0.3, 0.4) is 0 Å². The van der Waals surface area contributed by atoms with E-state index in [9.17, 15) is 0 Å². The maximum atomic E-state index is 4.76.